The molecular weight excluding hydrogens is 188 g/mol. The van der Waals surface area contributed by atoms with E-state index in [1.807, 2.05) is 0 Å². The lowest BCUT2D eigenvalue weighted by molar-refractivity contribution is -0.137. The fraction of sp³-hybridized carbons (Fsp3) is 0.923. The standard InChI is InChI=1S/C13H22O2/c14-13(15)8-6-10-5-7-11-3-1-2-4-12(11)9-10/h10-12H,1-9H2,(H,14,15)/t10-,11-,12+/m0/s1. The van der Waals surface area contributed by atoms with Crippen LogP contribution in [0.25, 0.3) is 0 Å². The smallest absolute Gasteiger partial charge is 0.303 e. The van der Waals surface area contributed by atoms with Gasteiger partial charge in [-0.1, -0.05) is 32.1 Å². The minimum Gasteiger partial charge on any atom is -0.481 e. The largest absolute Gasteiger partial charge is 0.481 e. The van der Waals surface area contributed by atoms with Crippen LogP contribution in [0.2, 0.25) is 0 Å². The van der Waals surface area contributed by atoms with Gasteiger partial charge in [0.05, 0.1) is 0 Å². The SMILES string of the molecule is O=C(O)CC[C@@H]1CC[C@@H]2CCCC[C@@H]2C1. The topological polar surface area (TPSA) is 37.3 Å². The van der Waals surface area contributed by atoms with Crippen molar-refractivity contribution in [2.45, 2.75) is 57.8 Å². The zero-order valence-electron chi connectivity index (χ0n) is 9.45. The number of carboxylic acid groups (broad SMARTS) is 1. The first kappa shape index (κ1) is 11.0. The van der Waals surface area contributed by atoms with Crippen molar-refractivity contribution in [3.05, 3.63) is 0 Å². The van der Waals surface area contributed by atoms with E-state index < -0.39 is 5.97 Å². The number of hydrogen-bond acceptors (Lipinski definition) is 1. The van der Waals surface area contributed by atoms with Crippen molar-refractivity contribution in [3.8, 4) is 0 Å². The van der Waals surface area contributed by atoms with E-state index in [0.29, 0.717) is 12.3 Å². The monoisotopic (exact) mass is 210 g/mol. The van der Waals surface area contributed by atoms with Gasteiger partial charge in [0.25, 0.3) is 0 Å². The predicted octanol–water partition coefficient (Wildman–Crippen LogP) is 3.46. The summed E-state index contributed by atoms with van der Waals surface area (Å²) in [5.74, 6) is 2.01. The number of carboxylic acids is 1. The van der Waals surface area contributed by atoms with Crippen LogP contribution in [-0.2, 0) is 4.79 Å². The average molecular weight is 210 g/mol. The van der Waals surface area contributed by atoms with E-state index in [9.17, 15) is 4.79 Å². The van der Waals surface area contributed by atoms with Crippen molar-refractivity contribution in [2.24, 2.45) is 17.8 Å². The molecule has 0 unspecified atom stereocenters. The van der Waals surface area contributed by atoms with Gasteiger partial charge in [0.2, 0.25) is 0 Å². The first-order chi connectivity index (χ1) is 7.25. The second-order valence-corrected chi connectivity index (χ2v) is 5.42. The van der Waals surface area contributed by atoms with Crippen molar-refractivity contribution in [1.29, 1.82) is 0 Å². The lowest BCUT2D eigenvalue weighted by Gasteiger charge is -2.39. The third-order valence-electron chi connectivity index (χ3n) is 4.41. The molecule has 0 saturated heterocycles. The summed E-state index contributed by atoms with van der Waals surface area (Å²) in [6, 6.07) is 0. The summed E-state index contributed by atoms with van der Waals surface area (Å²) in [5.41, 5.74) is 0. The van der Waals surface area contributed by atoms with Crippen LogP contribution >= 0.6 is 0 Å². The van der Waals surface area contributed by atoms with Crippen LogP contribution in [0, 0.1) is 17.8 Å². The van der Waals surface area contributed by atoms with E-state index >= 15 is 0 Å². The summed E-state index contributed by atoms with van der Waals surface area (Å²) in [6.45, 7) is 0. The molecule has 86 valence electrons. The zero-order chi connectivity index (χ0) is 10.7. The van der Waals surface area contributed by atoms with Crippen LogP contribution in [0.1, 0.15) is 57.8 Å². The zero-order valence-corrected chi connectivity index (χ0v) is 9.45. The lowest BCUT2D eigenvalue weighted by atomic mass is 9.67. The maximum atomic E-state index is 10.5. The number of carbonyl (C=O) groups is 1. The predicted molar refractivity (Wildman–Crippen MR) is 59.7 cm³/mol. The van der Waals surface area contributed by atoms with E-state index in [0.717, 1.165) is 18.3 Å². The van der Waals surface area contributed by atoms with Crippen LogP contribution in [0.3, 0.4) is 0 Å². The minimum atomic E-state index is -0.624. The molecule has 2 aliphatic carbocycles. The van der Waals surface area contributed by atoms with Gasteiger partial charge in [0.1, 0.15) is 0 Å². The van der Waals surface area contributed by atoms with E-state index in [2.05, 4.69) is 0 Å². The first-order valence-electron chi connectivity index (χ1n) is 6.47. The molecule has 2 heteroatoms. The van der Waals surface area contributed by atoms with Crippen LogP contribution in [0.4, 0.5) is 0 Å². The normalized spacial score (nSPS) is 35.9. The third-order valence-corrected chi connectivity index (χ3v) is 4.41. The van der Waals surface area contributed by atoms with Crippen molar-refractivity contribution < 1.29 is 9.90 Å². The van der Waals surface area contributed by atoms with E-state index in [-0.39, 0.29) is 0 Å². The van der Waals surface area contributed by atoms with Crippen molar-refractivity contribution in [2.75, 3.05) is 0 Å². The van der Waals surface area contributed by atoms with Crippen LogP contribution in [0.15, 0.2) is 0 Å². The average Bonchev–Trinajstić information content (AvgIpc) is 2.26. The molecule has 0 heterocycles. The van der Waals surface area contributed by atoms with E-state index in [4.69, 9.17) is 5.11 Å². The molecule has 0 aliphatic heterocycles. The Morgan fingerprint density at radius 3 is 2.53 bits per heavy atom. The molecule has 0 amide bonds. The Hall–Kier alpha value is -0.530. The summed E-state index contributed by atoms with van der Waals surface area (Å²) in [6.07, 6.45) is 11.0. The molecule has 2 aliphatic rings. The molecule has 2 nitrogen and oxygen atoms in total. The molecule has 15 heavy (non-hydrogen) atoms. The Bertz CT molecular complexity index is 225. The summed E-state index contributed by atoms with van der Waals surface area (Å²) in [5, 5.41) is 8.68. The van der Waals surface area contributed by atoms with Gasteiger partial charge in [-0.15, -0.1) is 0 Å². The fourth-order valence-electron chi connectivity index (χ4n) is 3.56. The number of aliphatic carboxylic acids is 1. The van der Waals surface area contributed by atoms with Gasteiger partial charge in [-0.3, -0.25) is 4.79 Å². The summed E-state index contributed by atoms with van der Waals surface area (Å²) in [7, 11) is 0. The molecule has 0 bridgehead atoms. The summed E-state index contributed by atoms with van der Waals surface area (Å²) in [4.78, 5) is 10.5. The summed E-state index contributed by atoms with van der Waals surface area (Å²) >= 11 is 0. The Labute approximate surface area is 92.1 Å². The number of fused-ring (bicyclic) bond motifs is 1. The van der Waals surface area contributed by atoms with Crippen LogP contribution in [0.5, 0.6) is 0 Å². The highest BCUT2D eigenvalue weighted by molar-refractivity contribution is 5.66. The van der Waals surface area contributed by atoms with E-state index in [1.165, 1.54) is 44.9 Å². The van der Waals surface area contributed by atoms with Crippen LogP contribution in [-0.4, -0.2) is 11.1 Å². The van der Waals surface area contributed by atoms with E-state index in [1.54, 1.807) is 0 Å². The van der Waals surface area contributed by atoms with Crippen LogP contribution < -0.4 is 0 Å². The second-order valence-electron chi connectivity index (χ2n) is 5.42. The third kappa shape index (κ3) is 2.96. The van der Waals surface area contributed by atoms with Crippen molar-refractivity contribution >= 4 is 5.97 Å². The van der Waals surface area contributed by atoms with Crippen molar-refractivity contribution in [1.82, 2.24) is 0 Å². The molecule has 2 fully saturated rings. The molecule has 2 rings (SSSR count). The highest BCUT2D eigenvalue weighted by Gasteiger charge is 2.31. The van der Waals surface area contributed by atoms with Gasteiger partial charge in [-0.05, 0) is 37.0 Å². The second kappa shape index (κ2) is 5.00. The molecular formula is C13H22O2. The summed E-state index contributed by atoms with van der Waals surface area (Å²) < 4.78 is 0. The van der Waals surface area contributed by atoms with Gasteiger partial charge < -0.3 is 5.11 Å². The highest BCUT2D eigenvalue weighted by Crippen LogP contribution is 2.43. The van der Waals surface area contributed by atoms with Gasteiger partial charge >= 0.3 is 5.97 Å². The Kier molecular flexibility index (Phi) is 3.66. The Morgan fingerprint density at radius 2 is 1.80 bits per heavy atom. The number of rotatable bonds is 3. The maximum Gasteiger partial charge on any atom is 0.303 e. The lowest BCUT2D eigenvalue weighted by Crippen LogP contribution is -2.27. The quantitative estimate of drug-likeness (QED) is 0.774. The maximum absolute atomic E-state index is 10.5. The van der Waals surface area contributed by atoms with Gasteiger partial charge in [-0.25, -0.2) is 0 Å². The molecule has 2 saturated carbocycles. The molecule has 0 aromatic carbocycles. The minimum absolute atomic E-state index is 0.377. The fourth-order valence-corrected chi connectivity index (χ4v) is 3.56. The first-order valence-corrected chi connectivity index (χ1v) is 6.47. The molecule has 0 radical (unpaired) electrons. The Morgan fingerprint density at radius 1 is 1.07 bits per heavy atom. The van der Waals surface area contributed by atoms with Crippen molar-refractivity contribution in [3.63, 3.8) is 0 Å². The molecule has 0 aromatic rings. The van der Waals surface area contributed by atoms with Gasteiger partial charge in [-0.2, -0.15) is 0 Å². The van der Waals surface area contributed by atoms with Gasteiger partial charge in [0.15, 0.2) is 0 Å². The number of hydrogen-bond donors (Lipinski definition) is 1. The Balaban J connectivity index is 1.78. The van der Waals surface area contributed by atoms with Gasteiger partial charge in [0, 0.05) is 6.42 Å². The molecule has 1 N–H and O–H groups in total. The molecule has 3 atom stereocenters. The molecule has 0 aromatic heterocycles. The highest BCUT2D eigenvalue weighted by atomic mass is 16.4. The molecule has 0 spiro atoms.